The Morgan fingerprint density at radius 2 is 0.718 bits per heavy atom. The summed E-state index contributed by atoms with van der Waals surface area (Å²) in [5.41, 5.74) is -1.30. The molecular formula is C30H40N2O7. The molecule has 2 aliphatic rings. The van der Waals surface area contributed by atoms with Gasteiger partial charge in [0, 0.05) is 11.1 Å². The van der Waals surface area contributed by atoms with Gasteiger partial charge in [0.2, 0.25) is 11.1 Å². The topological polar surface area (TPSA) is 110 Å². The van der Waals surface area contributed by atoms with Crippen molar-refractivity contribution in [2.45, 2.75) is 105 Å². The van der Waals surface area contributed by atoms with Gasteiger partial charge in [0.25, 0.3) is 11.6 Å². The van der Waals surface area contributed by atoms with Crippen LogP contribution in [0.1, 0.15) is 83.1 Å². The lowest BCUT2D eigenvalue weighted by Crippen LogP contribution is -2.29. The molecule has 9 heteroatoms. The standard InChI is InChI=1S/C30H40N2O7/c1-27(2,3)36-19-13-17(14-20(23(19)33)37-28(4,5)6)25-31-32-26(35-25)18-15-21(38-29(7,8)9)24(34)22(16-18)39-30(10,11)12/h13-16H,1-12H3. The summed E-state index contributed by atoms with van der Waals surface area (Å²) in [6.07, 6.45) is 6.24. The Morgan fingerprint density at radius 1 is 0.487 bits per heavy atom. The Labute approximate surface area is 229 Å². The Kier molecular flexibility index (Phi) is 7.80. The van der Waals surface area contributed by atoms with Gasteiger partial charge in [-0.3, -0.25) is 9.59 Å². The number of aromatic nitrogens is 2. The molecule has 212 valence electrons. The van der Waals surface area contributed by atoms with Crippen LogP contribution in [-0.4, -0.2) is 44.2 Å². The van der Waals surface area contributed by atoms with E-state index in [1.54, 1.807) is 24.3 Å². The highest BCUT2D eigenvalue weighted by atomic mass is 16.5. The number of carbonyl (C=O) groups excluding carboxylic acids is 2. The van der Waals surface area contributed by atoms with Crippen LogP contribution in [0.3, 0.4) is 0 Å². The normalized spacial score (nSPS) is 17.3. The minimum Gasteiger partial charge on any atom is -0.484 e. The SMILES string of the molecule is CC(C)(C)OC1=CC(=c2nnc(=C3C=C(OC(C)(C)C)C(=O)C(OC(C)(C)C)=C3)o2)C=C(OC(C)(C)C)C1=O. The van der Waals surface area contributed by atoms with Crippen molar-refractivity contribution in [1.82, 2.24) is 10.2 Å². The third kappa shape index (κ3) is 8.43. The molecule has 0 N–H and O–H groups in total. The van der Waals surface area contributed by atoms with Crippen LogP contribution in [0.2, 0.25) is 0 Å². The zero-order valence-corrected chi connectivity index (χ0v) is 25.1. The molecule has 0 bridgehead atoms. The fraction of sp³-hybridized carbons (Fsp3) is 0.533. The highest BCUT2D eigenvalue weighted by molar-refractivity contribution is 6.11. The van der Waals surface area contributed by atoms with Gasteiger partial charge in [0.1, 0.15) is 22.4 Å². The molecule has 0 radical (unpaired) electrons. The van der Waals surface area contributed by atoms with Gasteiger partial charge in [0.05, 0.1) is 0 Å². The number of hydrogen-bond acceptors (Lipinski definition) is 9. The Balaban J connectivity index is 2.23. The molecule has 0 fully saturated rings. The zero-order chi connectivity index (χ0) is 29.6. The lowest BCUT2D eigenvalue weighted by molar-refractivity contribution is -0.124. The van der Waals surface area contributed by atoms with Gasteiger partial charge in [-0.05, 0) is 107 Å². The number of Topliss-reactive ketones (excluding diaryl/α,β-unsaturated/α-hetero) is 2. The summed E-state index contributed by atoms with van der Waals surface area (Å²) >= 11 is 0. The Morgan fingerprint density at radius 3 is 0.923 bits per heavy atom. The van der Waals surface area contributed by atoms with Crippen molar-refractivity contribution in [2.24, 2.45) is 0 Å². The molecule has 1 heterocycles. The van der Waals surface area contributed by atoms with Gasteiger partial charge in [-0.25, -0.2) is 0 Å². The van der Waals surface area contributed by atoms with E-state index in [2.05, 4.69) is 10.2 Å². The fourth-order valence-corrected chi connectivity index (χ4v) is 3.48. The van der Waals surface area contributed by atoms with Gasteiger partial charge in [-0.15, -0.1) is 10.2 Å². The molecule has 9 nitrogen and oxygen atoms in total. The third-order valence-corrected chi connectivity index (χ3v) is 4.63. The quantitative estimate of drug-likeness (QED) is 0.551. The summed E-state index contributed by atoms with van der Waals surface area (Å²) in [4.78, 5) is 26.2. The van der Waals surface area contributed by atoms with E-state index in [0.717, 1.165) is 0 Å². The number of carbonyl (C=O) groups is 2. The van der Waals surface area contributed by atoms with Gasteiger partial charge in [-0.1, -0.05) is 0 Å². The van der Waals surface area contributed by atoms with E-state index >= 15 is 0 Å². The molecule has 0 unspecified atom stereocenters. The molecule has 1 aromatic rings. The summed E-state index contributed by atoms with van der Waals surface area (Å²) < 4.78 is 29.7. The number of ketones is 2. The van der Waals surface area contributed by atoms with Gasteiger partial charge >= 0.3 is 0 Å². The van der Waals surface area contributed by atoms with Crippen molar-refractivity contribution in [1.29, 1.82) is 0 Å². The fourth-order valence-electron chi connectivity index (χ4n) is 3.48. The van der Waals surface area contributed by atoms with E-state index in [1.807, 2.05) is 83.1 Å². The average Bonchev–Trinajstić information content (AvgIpc) is 3.20. The molecule has 39 heavy (non-hydrogen) atoms. The second-order valence-corrected chi connectivity index (χ2v) is 13.4. The third-order valence-electron chi connectivity index (χ3n) is 4.63. The van der Waals surface area contributed by atoms with Gasteiger partial charge in [-0.2, -0.15) is 0 Å². The predicted octanol–water partition coefficient (Wildman–Crippen LogP) is 4.33. The lowest BCUT2D eigenvalue weighted by atomic mass is 10.0. The first-order valence-corrected chi connectivity index (χ1v) is 12.9. The molecule has 1 aromatic heterocycles. The minimum atomic E-state index is -0.621. The van der Waals surface area contributed by atoms with Crippen LogP contribution in [0.4, 0.5) is 0 Å². The second-order valence-electron chi connectivity index (χ2n) is 13.4. The summed E-state index contributed by atoms with van der Waals surface area (Å²) in [5.74, 6) is -0.314. The number of hydrogen-bond donors (Lipinski definition) is 0. The van der Waals surface area contributed by atoms with Crippen molar-refractivity contribution in [3.05, 3.63) is 58.4 Å². The molecule has 2 aliphatic carbocycles. The van der Waals surface area contributed by atoms with Crippen LogP contribution in [0.15, 0.2) is 51.8 Å². The number of ether oxygens (including phenoxy) is 4. The van der Waals surface area contributed by atoms with Crippen LogP contribution < -0.4 is 11.1 Å². The maximum absolute atomic E-state index is 13.1. The first kappa shape index (κ1) is 29.9. The van der Waals surface area contributed by atoms with E-state index in [0.29, 0.717) is 11.1 Å². The minimum absolute atomic E-state index is 0.108. The molecular weight excluding hydrogens is 500 g/mol. The van der Waals surface area contributed by atoms with Crippen molar-refractivity contribution >= 4 is 22.7 Å². The molecule has 3 rings (SSSR count). The molecule has 0 spiro atoms. The highest BCUT2D eigenvalue weighted by Gasteiger charge is 2.32. The zero-order valence-electron chi connectivity index (χ0n) is 25.1. The maximum atomic E-state index is 13.1. The Hall–Kier alpha value is -3.62. The Bertz CT molecular complexity index is 1220. The van der Waals surface area contributed by atoms with E-state index in [-0.39, 0.29) is 45.7 Å². The van der Waals surface area contributed by atoms with Gasteiger partial charge < -0.3 is 23.4 Å². The number of allylic oxidation sites excluding steroid dienone is 4. The van der Waals surface area contributed by atoms with Crippen LogP contribution >= 0.6 is 0 Å². The van der Waals surface area contributed by atoms with Gasteiger partial charge in [0.15, 0.2) is 23.0 Å². The van der Waals surface area contributed by atoms with Crippen LogP contribution in [0.25, 0.3) is 11.1 Å². The van der Waals surface area contributed by atoms with E-state index in [4.69, 9.17) is 23.4 Å². The first-order chi connectivity index (χ1) is 17.6. The summed E-state index contributed by atoms with van der Waals surface area (Å²) in [5, 5.41) is 8.42. The van der Waals surface area contributed by atoms with Crippen molar-refractivity contribution in [3.63, 3.8) is 0 Å². The molecule has 0 saturated heterocycles. The molecule has 0 amide bonds. The highest BCUT2D eigenvalue weighted by Crippen LogP contribution is 2.29. The maximum Gasteiger partial charge on any atom is 0.262 e. The monoisotopic (exact) mass is 540 g/mol. The first-order valence-electron chi connectivity index (χ1n) is 12.9. The van der Waals surface area contributed by atoms with E-state index in [9.17, 15) is 9.59 Å². The molecule has 0 atom stereocenters. The number of nitrogens with zero attached hydrogens (tertiary/aromatic N) is 2. The van der Waals surface area contributed by atoms with Crippen molar-refractivity contribution in [3.8, 4) is 0 Å². The van der Waals surface area contributed by atoms with Crippen LogP contribution in [0.5, 0.6) is 0 Å². The van der Waals surface area contributed by atoms with E-state index < -0.39 is 22.4 Å². The summed E-state index contributed by atoms with van der Waals surface area (Å²) in [6, 6.07) is 0. The predicted molar refractivity (Wildman–Crippen MR) is 146 cm³/mol. The summed E-state index contributed by atoms with van der Waals surface area (Å²) in [7, 11) is 0. The van der Waals surface area contributed by atoms with Crippen molar-refractivity contribution < 1.29 is 33.0 Å². The van der Waals surface area contributed by atoms with Crippen LogP contribution in [0, 0.1) is 0 Å². The molecule has 0 aliphatic heterocycles. The largest absolute Gasteiger partial charge is 0.484 e. The van der Waals surface area contributed by atoms with Crippen LogP contribution in [-0.2, 0) is 28.5 Å². The molecule has 0 aromatic carbocycles. The van der Waals surface area contributed by atoms with E-state index in [1.165, 1.54) is 0 Å². The smallest absolute Gasteiger partial charge is 0.262 e. The average molecular weight is 541 g/mol. The second kappa shape index (κ2) is 10.2. The summed E-state index contributed by atoms with van der Waals surface area (Å²) in [6.45, 7) is 22.2. The number of rotatable bonds is 4. The lowest BCUT2D eigenvalue weighted by Gasteiger charge is -2.28. The van der Waals surface area contributed by atoms with Crippen molar-refractivity contribution in [2.75, 3.05) is 0 Å². The molecule has 0 saturated carbocycles.